The first-order valence-corrected chi connectivity index (χ1v) is 8.95. The van der Waals surface area contributed by atoms with Crippen LogP contribution < -0.4 is 10.1 Å². The largest absolute Gasteiger partial charge is 0.489 e. The molecule has 2 aliphatic rings. The molecule has 130 valence electrons. The molecule has 0 bridgehead atoms. The Bertz CT molecular complexity index is 717. The van der Waals surface area contributed by atoms with Crippen LogP contribution >= 0.6 is 0 Å². The van der Waals surface area contributed by atoms with Crippen molar-refractivity contribution in [1.29, 1.82) is 0 Å². The summed E-state index contributed by atoms with van der Waals surface area (Å²) in [6, 6.07) is 11.7. The van der Waals surface area contributed by atoms with E-state index in [1.165, 1.54) is 6.42 Å². The molecule has 5 nitrogen and oxygen atoms in total. The van der Waals surface area contributed by atoms with Gasteiger partial charge >= 0.3 is 0 Å². The van der Waals surface area contributed by atoms with Gasteiger partial charge in [0, 0.05) is 43.6 Å². The number of fused-ring (bicyclic) bond motifs is 1. The Morgan fingerprint density at radius 3 is 2.76 bits per heavy atom. The summed E-state index contributed by atoms with van der Waals surface area (Å²) in [6.45, 7) is 3.32. The minimum atomic E-state index is 0.138. The van der Waals surface area contributed by atoms with Crippen molar-refractivity contribution >= 4 is 5.91 Å². The van der Waals surface area contributed by atoms with E-state index in [2.05, 4.69) is 15.2 Å². The van der Waals surface area contributed by atoms with Crippen LogP contribution in [0.3, 0.4) is 0 Å². The molecule has 0 radical (unpaired) electrons. The summed E-state index contributed by atoms with van der Waals surface area (Å²) in [4.78, 5) is 18.9. The second kappa shape index (κ2) is 7.23. The van der Waals surface area contributed by atoms with E-state index >= 15 is 0 Å². The van der Waals surface area contributed by atoms with Gasteiger partial charge in [0.2, 0.25) is 0 Å². The number of hydrogen-bond acceptors (Lipinski definition) is 4. The molecule has 4 rings (SSSR count). The van der Waals surface area contributed by atoms with Crippen LogP contribution in [-0.4, -0.2) is 41.5 Å². The third-order valence-corrected chi connectivity index (χ3v) is 5.20. The van der Waals surface area contributed by atoms with E-state index in [0.29, 0.717) is 18.6 Å². The number of nitrogens with zero attached hydrogens (tertiary/aromatic N) is 2. The highest BCUT2D eigenvalue weighted by atomic mass is 16.5. The number of benzene rings is 1. The van der Waals surface area contributed by atoms with Gasteiger partial charge in [-0.15, -0.1) is 0 Å². The first-order valence-electron chi connectivity index (χ1n) is 8.95. The highest BCUT2D eigenvalue weighted by Gasteiger charge is 2.37. The fourth-order valence-corrected chi connectivity index (χ4v) is 3.83. The molecule has 0 saturated carbocycles. The molecule has 25 heavy (non-hydrogen) atoms. The molecule has 2 fully saturated rings. The number of nitrogens with one attached hydrogen (secondary N) is 1. The van der Waals surface area contributed by atoms with Crippen molar-refractivity contribution in [2.45, 2.75) is 25.5 Å². The van der Waals surface area contributed by atoms with Crippen molar-refractivity contribution in [3.05, 3.63) is 59.9 Å². The molecule has 0 unspecified atom stereocenters. The van der Waals surface area contributed by atoms with E-state index in [4.69, 9.17) is 4.74 Å². The second-order valence-corrected chi connectivity index (χ2v) is 6.79. The van der Waals surface area contributed by atoms with Gasteiger partial charge in [-0.2, -0.15) is 0 Å². The number of carbonyl (C=O) groups excluding carboxylic acids is 1. The van der Waals surface area contributed by atoms with Crippen molar-refractivity contribution in [3.8, 4) is 5.75 Å². The van der Waals surface area contributed by atoms with Gasteiger partial charge in [-0.25, -0.2) is 0 Å². The Balaban J connectivity index is 1.40. The van der Waals surface area contributed by atoms with E-state index in [9.17, 15) is 4.79 Å². The third-order valence-electron chi connectivity index (χ3n) is 5.20. The summed E-state index contributed by atoms with van der Waals surface area (Å²) in [5, 5.41) is 3.42. The molecule has 1 N–H and O–H groups in total. The zero-order valence-electron chi connectivity index (χ0n) is 14.2. The summed E-state index contributed by atoms with van der Waals surface area (Å²) < 4.78 is 5.78. The smallest absolute Gasteiger partial charge is 0.254 e. The van der Waals surface area contributed by atoms with Gasteiger partial charge in [-0.3, -0.25) is 9.78 Å². The molecule has 0 aliphatic carbocycles. The van der Waals surface area contributed by atoms with E-state index in [1.807, 2.05) is 36.4 Å². The zero-order valence-corrected chi connectivity index (χ0v) is 14.2. The minimum Gasteiger partial charge on any atom is -0.489 e. The zero-order chi connectivity index (χ0) is 17.1. The predicted molar refractivity (Wildman–Crippen MR) is 95.4 cm³/mol. The first-order chi connectivity index (χ1) is 12.3. The van der Waals surface area contributed by atoms with Crippen LogP contribution in [0.1, 0.15) is 28.8 Å². The average molecular weight is 337 g/mol. The number of rotatable bonds is 4. The molecule has 5 heteroatoms. The van der Waals surface area contributed by atoms with Crippen LogP contribution in [0.2, 0.25) is 0 Å². The maximum absolute atomic E-state index is 12.9. The summed E-state index contributed by atoms with van der Waals surface area (Å²) >= 11 is 0. The normalized spacial score (nSPS) is 22.5. The number of amides is 1. The molecule has 1 amide bonds. The number of pyridine rings is 1. The fraction of sp³-hybridized carbons (Fsp3) is 0.400. The Morgan fingerprint density at radius 2 is 1.96 bits per heavy atom. The van der Waals surface area contributed by atoms with Crippen molar-refractivity contribution in [2.75, 3.05) is 19.6 Å². The Morgan fingerprint density at radius 1 is 1.16 bits per heavy atom. The lowest BCUT2D eigenvalue weighted by Crippen LogP contribution is -2.48. The van der Waals surface area contributed by atoms with Crippen LogP contribution in [-0.2, 0) is 6.61 Å². The number of aromatic nitrogens is 1. The lowest BCUT2D eigenvalue weighted by molar-refractivity contribution is 0.0575. The number of likely N-dealkylation sites (tertiary alicyclic amines) is 1. The van der Waals surface area contributed by atoms with E-state index < -0.39 is 0 Å². The lowest BCUT2D eigenvalue weighted by Gasteiger charge is -2.37. The minimum absolute atomic E-state index is 0.138. The number of ether oxygens (including phenoxy) is 1. The standard InChI is InChI=1S/C20H23N3O2/c24-20(23-11-1-2-17-12-22-13-19(17)23)16-3-5-18(6-4-16)25-14-15-7-9-21-10-8-15/h3-10,17,19,22H,1-2,11-14H2/t17-,19+/m0/s1. The maximum Gasteiger partial charge on any atom is 0.254 e. The molecule has 1 aromatic heterocycles. The Hall–Kier alpha value is -2.40. The van der Waals surface area contributed by atoms with Gasteiger partial charge in [0.25, 0.3) is 5.91 Å². The Kier molecular flexibility index (Phi) is 4.65. The monoisotopic (exact) mass is 337 g/mol. The van der Waals surface area contributed by atoms with Crippen LogP contribution in [0.25, 0.3) is 0 Å². The van der Waals surface area contributed by atoms with Crippen molar-refractivity contribution in [3.63, 3.8) is 0 Å². The molecule has 3 heterocycles. The van der Waals surface area contributed by atoms with Crippen LogP contribution in [0.15, 0.2) is 48.8 Å². The topological polar surface area (TPSA) is 54.5 Å². The molecule has 2 atom stereocenters. The molecule has 2 aromatic rings. The van der Waals surface area contributed by atoms with Crippen LogP contribution in [0.4, 0.5) is 0 Å². The van der Waals surface area contributed by atoms with E-state index in [0.717, 1.165) is 42.9 Å². The highest BCUT2D eigenvalue weighted by Crippen LogP contribution is 2.28. The van der Waals surface area contributed by atoms with Gasteiger partial charge in [0.1, 0.15) is 12.4 Å². The van der Waals surface area contributed by atoms with Crippen molar-refractivity contribution in [1.82, 2.24) is 15.2 Å². The van der Waals surface area contributed by atoms with E-state index in [1.54, 1.807) is 12.4 Å². The highest BCUT2D eigenvalue weighted by molar-refractivity contribution is 5.94. The number of piperidine rings is 1. The SMILES string of the molecule is O=C(c1ccc(OCc2ccncc2)cc1)N1CCC[C@H]2CNC[C@H]21. The summed E-state index contributed by atoms with van der Waals surface area (Å²) in [5.41, 5.74) is 1.81. The fourth-order valence-electron chi connectivity index (χ4n) is 3.83. The summed E-state index contributed by atoms with van der Waals surface area (Å²) in [6.07, 6.45) is 5.83. The molecular formula is C20H23N3O2. The number of hydrogen-bond donors (Lipinski definition) is 1. The second-order valence-electron chi connectivity index (χ2n) is 6.79. The van der Waals surface area contributed by atoms with Crippen LogP contribution in [0.5, 0.6) is 5.75 Å². The molecule has 2 aliphatic heterocycles. The lowest BCUT2D eigenvalue weighted by atomic mass is 9.91. The van der Waals surface area contributed by atoms with Gasteiger partial charge in [-0.1, -0.05) is 0 Å². The van der Waals surface area contributed by atoms with Crippen molar-refractivity contribution < 1.29 is 9.53 Å². The molecular weight excluding hydrogens is 314 g/mol. The van der Waals surface area contributed by atoms with Crippen molar-refractivity contribution in [2.24, 2.45) is 5.92 Å². The van der Waals surface area contributed by atoms with Gasteiger partial charge in [-0.05, 0) is 60.7 Å². The quantitative estimate of drug-likeness (QED) is 0.931. The molecule has 1 aromatic carbocycles. The van der Waals surface area contributed by atoms with Gasteiger partial charge in [0.05, 0.1) is 0 Å². The summed E-state index contributed by atoms with van der Waals surface area (Å²) in [7, 11) is 0. The third kappa shape index (κ3) is 3.51. The summed E-state index contributed by atoms with van der Waals surface area (Å²) in [5.74, 6) is 1.52. The maximum atomic E-state index is 12.9. The van der Waals surface area contributed by atoms with Gasteiger partial charge in [0.15, 0.2) is 0 Å². The average Bonchev–Trinajstić information content (AvgIpc) is 3.16. The van der Waals surface area contributed by atoms with Crippen LogP contribution in [0, 0.1) is 5.92 Å². The molecule has 2 saturated heterocycles. The first kappa shape index (κ1) is 16.1. The van der Waals surface area contributed by atoms with E-state index in [-0.39, 0.29) is 5.91 Å². The predicted octanol–water partition coefficient (Wildman–Crippen LogP) is 2.48. The molecule has 0 spiro atoms. The van der Waals surface area contributed by atoms with Gasteiger partial charge < -0.3 is 15.0 Å². The Labute approximate surface area is 148 Å². The number of carbonyl (C=O) groups is 1.